The maximum atomic E-state index is 13.4. The van der Waals surface area contributed by atoms with Crippen LogP contribution in [0.25, 0.3) is 0 Å². The number of hydrogen-bond donors (Lipinski definition) is 1. The molecule has 1 fully saturated rings. The molecule has 2 aromatic rings. The van der Waals surface area contributed by atoms with Crippen LogP contribution in [0.2, 0.25) is 0 Å². The number of benzene rings is 2. The van der Waals surface area contributed by atoms with Gasteiger partial charge in [0.1, 0.15) is 6.04 Å². The van der Waals surface area contributed by atoms with E-state index < -0.39 is 5.92 Å². The summed E-state index contributed by atoms with van der Waals surface area (Å²) in [5.41, 5.74) is 2.95. The predicted octanol–water partition coefficient (Wildman–Crippen LogP) is 2.40. The molecule has 29 heavy (non-hydrogen) atoms. The zero-order valence-corrected chi connectivity index (χ0v) is 17.1. The largest absolute Gasteiger partial charge is 0.331 e. The van der Waals surface area contributed by atoms with Crippen LogP contribution in [0.15, 0.2) is 53.5 Å². The van der Waals surface area contributed by atoms with Crippen molar-refractivity contribution in [3.8, 4) is 0 Å². The third-order valence-electron chi connectivity index (χ3n) is 6.14. The molecule has 2 unspecified atom stereocenters. The fourth-order valence-electron chi connectivity index (χ4n) is 4.57. The lowest BCUT2D eigenvalue weighted by Gasteiger charge is -2.31. The van der Waals surface area contributed by atoms with Crippen molar-refractivity contribution in [2.75, 3.05) is 24.5 Å². The Hall–Kier alpha value is -2.79. The summed E-state index contributed by atoms with van der Waals surface area (Å²) < 4.78 is 0. The highest BCUT2D eigenvalue weighted by Gasteiger charge is 2.38. The highest BCUT2D eigenvalue weighted by molar-refractivity contribution is 6.29. The maximum absolute atomic E-state index is 13.4. The van der Waals surface area contributed by atoms with E-state index in [1.807, 2.05) is 49.4 Å². The van der Waals surface area contributed by atoms with E-state index in [4.69, 9.17) is 4.99 Å². The van der Waals surface area contributed by atoms with E-state index in [-0.39, 0.29) is 11.8 Å². The summed E-state index contributed by atoms with van der Waals surface area (Å²) in [4.78, 5) is 34.1. The monoisotopic (exact) mass is 390 g/mol. The van der Waals surface area contributed by atoms with Gasteiger partial charge in [-0.2, -0.15) is 0 Å². The lowest BCUT2D eigenvalue weighted by atomic mass is 9.88. The number of aryl methyl sites for hydroxylation is 1. The first-order valence-corrected chi connectivity index (χ1v) is 10.5. The van der Waals surface area contributed by atoms with Crippen molar-refractivity contribution in [3.05, 3.63) is 65.2 Å². The van der Waals surface area contributed by atoms with Gasteiger partial charge in [0.2, 0.25) is 5.91 Å². The average Bonchev–Trinajstić information content (AvgIpc) is 3.18. The van der Waals surface area contributed by atoms with Crippen LogP contribution in [0, 0.1) is 6.92 Å². The lowest BCUT2D eigenvalue weighted by Crippen LogP contribution is -3.13. The van der Waals surface area contributed by atoms with Gasteiger partial charge >= 0.3 is 0 Å². The van der Waals surface area contributed by atoms with Crippen molar-refractivity contribution in [1.29, 1.82) is 0 Å². The van der Waals surface area contributed by atoms with E-state index in [2.05, 4.69) is 6.92 Å². The van der Waals surface area contributed by atoms with E-state index in [1.165, 1.54) is 24.3 Å². The van der Waals surface area contributed by atoms with Gasteiger partial charge in [0.25, 0.3) is 5.91 Å². The molecule has 2 aliphatic rings. The number of imide groups is 1. The summed E-state index contributed by atoms with van der Waals surface area (Å²) in [7, 11) is 0. The standard InChI is InChI=1S/C24H27N3O2/c1-3-26-13-7-10-19(26)15-25-16-22-20-11-4-5-12-21(20)23(28)27(24(22)29)18-9-6-8-17(2)14-18/h4-6,8-9,11-12,14,16,19,22H,3,7,10,13,15H2,1-2H3/p+1/t19-,22?/m0/s1. The number of amides is 2. The second-order valence-electron chi connectivity index (χ2n) is 8.00. The first-order chi connectivity index (χ1) is 14.1. The minimum atomic E-state index is -0.532. The van der Waals surface area contributed by atoms with Crippen LogP contribution in [0.3, 0.4) is 0 Å². The molecule has 150 valence electrons. The molecule has 0 aliphatic carbocycles. The van der Waals surface area contributed by atoms with Gasteiger partial charge in [-0.05, 0) is 43.2 Å². The molecule has 1 N–H and O–H groups in total. The van der Waals surface area contributed by atoms with Crippen molar-refractivity contribution >= 4 is 23.7 Å². The van der Waals surface area contributed by atoms with Gasteiger partial charge in [-0.15, -0.1) is 0 Å². The van der Waals surface area contributed by atoms with Crippen LogP contribution < -0.4 is 9.80 Å². The molecular formula is C24H28N3O2+. The van der Waals surface area contributed by atoms with Crippen molar-refractivity contribution in [2.45, 2.75) is 38.6 Å². The Kier molecular flexibility index (Phi) is 5.58. The Bertz CT molecular complexity index is 953. The molecule has 5 nitrogen and oxygen atoms in total. The summed E-state index contributed by atoms with van der Waals surface area (Å²) in [5.74, 6) is -1.02. The SMILES string of the molecule is CC[NH+]1CCC[C@H]1CN=CC1C(=O)N(c2cccc(C)c2)C(=O)c2ccccc21. The summed E-state index contributed by atoms with van der Waals surface area (Å²) in [6.45, 7) is 7.22. The Morgan fingerprint density at radius 1 is 1.17 bits per heavy atom. The molecular weight excluding hydrogens is 362 g/mol. The van der Waals surface area contributed by atoms with Crippen LogP contribution in [0.1, 0.15) is 47.2 Å². The molecule has 2 amide bonds. The second kappa shape index (κ2) is 8.29. The number of likely N-dealkylation sites (tertiary alicyclic amines) is 1. The van der Waals surface area contributed by atoms with Gasteiger partial charge in [-0.25, -0.2) is 4.90 Å². The third kappa shape index (κ3) is 3.75. The zero-order chi connectivity index (χ0) is 20.4. The number of anilines is 1. The molecule has 0 saturated carbocycles. The van der Waals surface area contributed by atoms with E-state index in [0.717, 1.165) is 24.2 Å². The minimum absolute atomic E-state index is 0.228. The van der Waals surface area contributed by atoms with E-state index >= 15 is 0 Å². The van der Waals surface area contributed by atoms with E-state index in [1.54, 1.807) is 17.2 Å². The number of aliphatic imine (C=N–C) groups is 1. The molecule has 5 heteroatoms. The highest BCUT2D eigenvalue weighted by Crippen LogP contribution is 2.32. The van der Waals surface area contributed by atoms with Crippen molar-refractivity contribution in [2.24, 2.45) is 4.99 Å². The Morgan fingerprint density at radius 3 is 2.79 bits per heavy atom. The van der Waals surface area contributed by atoms with Crippen molar-refractivity contribution in [1.82, 2.24) is 0 Å². The Morgan fingerprint density at radius 2 is 2.00 bits per heavy atom. The number of quaternary nitrogens is 1. The van der Waals surface area contributed by atoms with Gasteiger partial charge in [-0.1, -0.05) is 30.3 Å². The Labute approximate surface area is 172 Å². The first-order valence-electron chi connectivity index (χ1n) is 10.5. The number of likely N-dealkylation sites (N-methyl/N-ethyl adjacent to an activating group) is 1. The molecule has 2 aliphatic heterocycles. The molecule has 0 aromatic heterocycles. The number of carbonyl (C=O) groups is 2. The number of hydrogen-bond acceptors (Lipinski definition) is 3. The van der Waals surface area contributed by atoms with Crippen LogP contribution in [-0.2, 0) is 4.79 Å². The Balaban J connectivity index is 1.65. The number of nitrogens with zero attached hydrogens (tertiary/aromatic N) is 2. The molecule has 0 spiro atoms. The van der Waals surface area contributed by atoms with Crippen LogP contribution >= 0.6 is 0 Å². The summed E-state index contributed by atoms with van der Waals surface area (Å²) in [6, 6.07) is 15.4. The van der Waals surface area contributed by atoms with E-state index in [9.17, 15) is 9.59 Å². The topological polar surface area (TPSA) is 54.2 Å². The van der Waals surface area contributed by atoms with Crippen molar-refractivity contribution in [3.63, 3.8) is 0 Å². The average molecular weight is 391 g/mol. The van der Waals surface area contributed by atoms with Crippen LogP contribution in [0.5, 0.6) is 0 Å². The highest BCUT2D eigenvalue weighted by atomic mass is 16.2. The fourth-order valence-corrected chi connectivity index (χ4v) is 4.57. The summed E-state index contributed by atoms with van der Waals surface area (Å²) in [5, 5.41) is 0. The number of fused-ring (bicyclic) bond motifs is 1. The molecule has 2 aromatic carbocycles. The summed E-state index contributed by atoms with van der Waals surface area (Å²) >= 11 is 0. The van der Waals surface area contributed by atoms with Gasteiger partial charge < -0.3 is 4.90 Å². The van der Waals surface area contributed by atoms with Gasteiger partial charge in [0, 0.05) is 24.6 Å². The third-order valence-corrected chi connectivity index (χ3v) is 6.14. The smallest absolute Gasteiger partial charge is 0.265 e. The second-order valence-corrected chi connectivity index (χ2v) is 8.00. The maximum Gasteiger partial charge on any atom is 0.265 e. The lowest BCUT2D eigenvalue weighted by molar-refractivity contribution is -0.908. The number of nitrogens with one attached hydrogen (secondary N) is 1. The first kappa shape index (κ1) is 19.5. The molecule has 0 bridgehead atoms. The molecule has 2 heterocycles. The molecule has 4 rings (SSSR count). The van der Waals surface area contributed by atoms with Gasteiger partial charge in [-0.3, -0.25) is 14.6 Å². The van der Waals surface area contributed by atoms with Crippen molar-refractivity contribution < 1.29 is 14.5 Å². The minimum Gasteiger partial charge on any atom is -0.331 e. The van der Waals surface area contributed by atoms with Crippen LogP contribution in [-0.4, -0.2) is 43.7 Å². The number of carbonyl (C=O) groups excluding carboxylic acids is 2. The summed E-state index contributed by atoms with van der Waals surface area (Å²) in [6.07, 6.45) is 4.19. The molecule has 0 radical (unpaired) electrons. The predicted molar refractivity (Wildman–Crippen MR) is 115 cm³/mol. The normalized spacial score (nSPS) is 24.3. The van der Waals surface area contributed by atoms with E-state index in [0.29, 0.717) is 17.3 Å². The zero-order valence-electron chi connectivity index (χ0n) is 17.1. The quantitative estimate of drug-likeness (QED) is 0.630. The molecule has 1 saturated heterocycles. The molecule has 3 atom stereocenters. The van der Waals surface area contributed by atoms with Crippen LogP contribution in [0.4, 0.5) is 5.69 Å². The fraction of sp³-hybridized carbons (Fsp3) is 0.375. The van der Waals surface area contributed by atoms with Gasteiger partial charge in [0.05, 0.1) is 31.2 Å². The number of rotatable bonds is 5. The van der Waals surface area contributed by atoms with Gasteiger partial charge in [0.15, 0.2) is 0 Å².